The molecule has 0 radical (unpaired) electrons. The van der Waals surface area contributed by atoms with Gasteiger partial charge < -0.3 is 9.47 Å². The van der Waals surface area contributed by atoms with Gasteiger partial charge in [-0.25, -0.2) is 14.6 Å². The van der Waals surface area contributed by atoms with E-state index in [0.717, 1.165) is 19.9 Å². The number of ether oxygens (including phenoxy) is 2. The van der Waals surface area contributed by atoms with Gasteiger partial charge in [0.15, 0.2) is 11.6 Å². The second-order valence-corrected chi connectivity index (χ2v) is 10.6. The molecule has 0 N–H and O–H groups in total. The van der Waals surface area contributed by atoms with Gasteiger partial charge in [0.05, 0.1) is 17.0 Å². The topological polar surface area (TPSA) is 99.1 Å². The molecule has 7 nitrogen and oxygen atoms in total. The lowest BCUT2D eigenvalue weighted by Crippen LogP contribution is -2.49. The number of para-hydroxylation sites is 1. The van der Waals surface area contributed by atoms with Crippen molar-refractivity contribution in [2.45, 2.75) is 85.3 Å². The molecule has 0 aliphatic carbocycles. The molecule has 0 aromatic heterocycles. The second-order valence-electron chi connectivity index (χ2n) is 10.1. The van der Waals surface area contributed by atoms with Crippen molar-refractivity contribution in [1.82, 2.24) is 0 Å². The molecular formula is C26H34ClNO6. The smallest absolute Gasteiger partial charge is 0.340 e. The third kappa shape index (κ3) is 7.62. The highest BCUT2D eigenvalue weighted by Crippen LogP contribution is 2.32. The number of hydrogen-bond donors (Lipinski definition) is 0. The van der Waals surface area contributed by atoms with Gasteiger partial charge in [0.1, 0.15) is 11.2 Å². The second kappa shape index (κ2) is 10.6. The van der Waals surface area contributed by atoms with Crippen LogP contribution >= 0.6 is 11.6 Å². The number of carbonyl (C=O) groups excluding carboxylic acids is 4. The Morgan fingerprint density at radius 3 is 1.68 bits per heavy atom. The molecule has 0 atom stereocenters. The zero-order valence-electron chi connectivity index (χ0n) is 21.6. The molecule has 0 aliphatic rings. The van der Waals surface area contributed by atoms with Crippen molar-refractivity contribution in [3.8, 4) is 0 Å². The molecule has 1 aromatic carbocycles. The molecule has 0 amide bonds. The van der Waals surface area contributed by atoms with Crippen molar-refractivity contribution in [3.63, 3.8) is 0 Å². The number of hydrogen-bond acceptors (Lipinski definition) is 7. The van der Waals surface area contributed by atoms with Crippen LogP contribution in [0.2, 0.25) is 0 Å². The lowest BCUT2D eigenvalue weighted by Gasteiger charge is -2.27. The minimum absolute atomic E-state index is 0.397. The standard InChI is InChI=1S/C26H34ClNO6/c1-15-12-11-13-16(2)21(15)28-22(26(27,17(3)29)18(4)30)19(23(32)34-25(8,9)10)14-20(31)33-24(5,6)7/h11-14H,1-10H3/b19-14+,28-22?. The Bertz CT molecular complexity index is 1020. The summed E-state index contributed by atoms with van der Waals surface area (Å²) >= 11 is 6.63. The Kier molecular flexibility index (Phi) is 9.15. The number of benzene rings is 1. The zero-order valence-corrected chi connectivity index (χ0v) is 22.3. The Morgan fingerprint density at radius 1 is 0.853 bits per heavy atom. The minimum Gasteiger partial charge on any atom is -0.457 e. The van der Waals surface area contributed by atoms with E-state index < -0.39 is 50.9 Å². The zero-order chi connectivity index (χ0) is 26.6. The van der Waals surface area contributed by atoms with E-state index in [0.29, 0.717) is 16.8 Å². The predicted molar refractivity (Wildman–Crippen MR) is 133 cm³/mol. The summed E-state index contributed by atoms with van der Waals surface area (Å²) < 4.78 is 10.8. The number of aryl methyl sites for hydroxylation is 2. The normalized spacial score (nSPS) is 13.4. The average molecular weight is 492 g/mol. The molecule has 0 bridgehead atoms. The van der Waals surface area contributed by atoms with E-state index in [2.05, 4.69) is 4.99 Å². The Labute approximate surface area is 206 Å². The highest BCUT2D eigenvalue weighted by Gasteiger charge is 2.48. The van der Waals surface area contributed by atoms with E-state index in [-0.39, 0.29) is 0 Å². The first-order chi connectivity index (χ1) is 15.3. The third-order valence-electron chi connectivity index (χ3n) is 4.50. The summed E-state index contributed by atoms with van der Waals surface area (Å²) in [6.45, 7) is 15.7. The maximum atomic E-state index is 13.3. The van der Waals surface area contributed by atoms with Crippen LogP contribution in [0.3, 0.4) is 0 Å². The number of ketones is 2. The molecule has 8 heteroatoms. The summed E-state index contributed by atoms with van der Waals surface area (Å²) in [5, 5.41) is 0. The first-order valence-electron chi connectivity index (χ1n) is 10.8. The third-order valence-corrected chi connectivity index (χ3v) is 5.21. The lowest BCUT2D eigenvalue weighted by atomic mass is 9.88. The van der Waals surface area contributed by atoms with Crippen molar-refractivity contribution in [2.24, 2.45) is 4.99 Å². The highest BCUT2D eigenvalue weighted by molar-refractivity contribution is 6.62. The summed E-state index contributed by atoms with van der Waals surface area (Å²) in [5.41, 5.74) is -0.818. The maximum Gasteiger partial charge on any atom is 0.340 e. The molecule has 0 heterocycles. The van der Waals surface area contributed by atoms with Gasteiger partial charge in [0.2, 0.25) is 4.87 Å². The Hall–Kier alpha value is -2.80. The molecule has 0 unspecified atom stereocenters. The fourth-order valence-electron chi connectivity index (χ4n) is 3.00. The van der Waals surface area contributed by atoms with E-state index >= 15 is 0 Å². The van der Waals surface area contributed by atoms with Crippen molar-refractivity contribution in [2.75, 3.05) is 0 Å². The number of nitrogens with zero attached hydrogens (tertiary/aromatic N) is 1. The summed E-state index contributed by atoms with van der Waals surface area (Å²) in [5.74, 6) is -3.37. The van der Waals surface area contributed by atoms with Crippen molar-refractivity contribution < 1.29 is 28.7 Å². The van der Waals surface area contributed by atoms with Crippen LogP contribution < -0.4 is 0 Å². The van der Waals surface area contributed by atoms with E-state index in [4.69, 9.17) is 21.1 Å². The van der Waals surface area contributed by atoms with Crippen LogP contribution in [0.4, 0.5) is 5.69 Å². The quantitative estimate of drug-likeness (QED) is 0.172. The van der Waals surface area contributed by atoms with Gasteiger partial charge in [-0.3, -0.25) is 9.59 Å². The van der Waals surface area contributed by atoms with Crippen LogP contribution in [0, 0.1) is 13.8 Å². The fraction of sp³-hybridized carbons (Fsp3) is 0.500. The largest absolute Gasteiger partial charge is 0.457 e. The van der Waals surface area contributed by atoms with Crippen LogP contribution in [-0.2, 0) is 28.7 Å². The van der Waals surface area contributed by atoms with Gasteiger partial charge in [-0.15, -0.1) is 0 Å². The molecule has 0 spiro atoms. The summed E-state index contributed by atoms with van der Waals surface area (Å²) in [6.07, 6.45) is 0.870. The molecule has 0 fully saturated rings. The summed E-state index contributed by atoms with van der Waals surface area (Å²) in [6, 6.07) is 5.38. The predicted octanol–water partition coefficient (Wildman–Crippen LogP) is 5.14. The monoisotopic (exact) mass is 491 g/mol. The number of rotatable bonds is 7. The average Bonchev–Trinajstić information content (AvgIpc) is 2.62. The number of halogens is 1. The molecule has 1 aromatic rings. The Morgan fingerprint density at radius 2 is 1.29 bits per heavy atom. The van der Waals surface area contributed by atoms with Gasteiger partial charge in [0.25, 0.3) is 0 Å². The summed E-state index contributed by atoms with van der Waals surface area (Å²) in [4.78, 5) is 53.6. The molecule has 0 aliphatic heterocycles. The molecular weight excluding hydrogens is 458 g/mol. The molecule has 34 heavy (non-hydrogen) atoms. The number of aliphatic imine (C=N–C) groups is 1. The Balaban J connectivity index is 4.07. The molecule has 186 valence electrons. The molecule has 0 saturated carbocycles. The first kappa shape index (κ1) is 29.2. The van der Waals surface area contributed by atoms with Gasteiger partial charge in [-0.2, -0.15) is 0 Å². The van der Waals surface area contributed by atoms with E-state index in [1.165, 1.54) is 0 Å². The number of Topliss-reactive ketones (excluding diaryl/α,β-unsaturated/α-hetero) is 2. The highest BCUT2D eigenvalue weighted by atomic mass is 35.5. The maximum absolute atomic E-state index is 13.3. The van der Waals surface area contributed by atoms with Crippen molar-refractivity contribution >= 4 is 46.5 Å². The van der Waals surface area contributed by atoms with Gasteiger partial charge >= 0.3 is 11.9 Å². The van der Waals surface area contributed by atoms with Gasteiger partial charge in [-0.1, -0.05) is 29.8 Å². The minimum atomic E-state index is -2.33. The van der Waals surface area contributed by atoms with Crippen LogP contribution in [0.5, 0.6) is 0 Å². The summed E-state index contributed by atoms with van der Waals surface area (Å²) in [7, 11) is 0. The number of esters is 2. The van der Waals surface area contributed by atoms with E-state index in [1.807, 2.05) is 6.07 Å². The van der Waals surface area contributed by atoms with Gasteiger partial charge in [-0.05, 0) is 80.4 Å². The van der Waals surface area contributed by atoms with Crippen LogP contribution in [0.1, 0.15) is 66.5 Å². The fourth-order valence-corrected chi connectivity index (χ4v) is 3.15. The lowest BCUT2D eigenvalue weighted by molar-refractivity contribution is -0.152. The van der Waals surface area contributed by atoms with Crippen molar-refractivity contribution in [3.05, 3.63) is 41.0 Å². The van der Waals surface area contributed by atoms with E-state index in [9.17, 15) is 19.2 Å². The van der Waals surface area contributed by atoms with Crippen molar-refractivity contribution in [1.29, 1.82) is 0 Å². The SMILES string of the molecule is CC(=O)C(Cl)(C(C)=O)C(=Nc1c(C)cccc1C)/C(=C\C(=O)OC(C)(C)C)C(=O)OC(C)(C)C. The van der Waals surface area contributed by atoms with E-state index in [1.54, 1.807) is 67.5 Å². The van der Waals surface area contributed by atoms with Crippen LogP contribution in [0.25, 0.3) is 0 Å². The molecule has 1 rings (SSSR count). The number of alkyl halides is 1. The number of carbonyl (C=O) groups is 4. The van der Waals surface area contributed by atoms with Crippen LogP contribution in [-0.4, -0.2) is 45.3 Å². The van der Waals surface area contributed by atoms with Gasteiger partial charge in [0, 0.05) is 6.08 Å². The van der Waals surface area contributed by atoms with Crippen LogP contribution in [0.15, 0.2) is 34.8 Å². The molecule has 0 saturated heterocycles. The first-order valence-corrected chi connectivity index (χ1v) is 11.2.